The number of ether oxygens (including phenoxy) is 1. The van der Waals surface area contributed by atoms with Gasteiger partial charge in [-0.15, -0.1) is 0 Å². The van der Waals surface area contributed by atoms with Crippen LogP contribution in [-0.2, 0) is 14.8 Å². The number of benzene rings is 2. The van der Waals surface area contributed by atoms with Gasteiger partial charge in [-0.2, -0.15) is 9.41 Å². The van der Waals surface area contributed by atoms with Crippen LogP contribution in [0.1, 0.15) is 18.9 Å². The second kappa shape index (κ2) is 9.52. The van der Waals surface area contributed by atoms with Crippen molar-refractivity contribution in [1.82, 2.24) is 4.31 Å². The highest BCUT2D eigenvalue weighted by molar-refractivity contribution is 7.89. The number of nitro groups is 1. The molecule has 2 aromatic rings. The summed E-state index contributed by atoms with van der Waals surface area (Å²) < 4.78 is 32.0. The quantitative estimate of drug-likeness (QED) is 0.390. The molecular formula is C19H21ClN4O5S. The zero-order chi connectivity index (χ0) is 21.7. The highest BCUT2D eigenvalue weighted by atomic mass is 35.5. The van der Waals surface area contributed by atoms with Gasteiger partial charge in [0.25, 0.3) is 5.69 Å². The fourth-order valence-electron chi connectivity index (χ4n) is 3.00. The molecule has 0 radical (unpaired) electrons. The van der Waals surface area contributed by atoms with Gasteiger partial charge >= 0.3 is 0 Å². The number of hydrogen-bond acceptors (Lipinski definition) is 7. The minimum Gasteiger partial charge on any atom is -0.379 e. The first-order chi connectivity index (χ1) is 14.3. The fraction of sp³-hybridized carbons (Fsp3) is 0.316. The molecule has 0 aromatic heterocycles. The van der Waals surface area contributed by atoms with E-state index in [4.69, 9.17) is 16.3 Å². The summed E-state index contributed by atoms with van der Waals surface area (Å²) in [5.41, 5.74) is 3.84. The molecule has 0 bridgehead atoms. The summed E-state index contributed by atoms with van der Waals surface area (Å²) in [4.78, 5) is 10.8. The number of rotatable bonds is 7. The van der Waals surface area contributed by atoms with E-state index in [9.17, 15) is 18.5 Å². The van der Waals surface area contributed by atoms with E-state index in [2.05, 4.69) is 10.5 Å². The number of hydrogen-bond donors (Lipinski definition) is 1. The maximum atomic E-state index is 12.8. The van der Waals surface area contributed by atoms with Crippen molar-refractivity contribution in [3.05, 3.63) is 63.2 Å². The Balaban J connectivity index is 1.91. The number of hydrazone groups is 1. The second-order valence-corrected chi connectivity index (χ2v) is 8.86. The smallest absolute Gasteiger partial charge is 0.295 e. The van der Waals surface area contributed by atoms with E-state index in [1.807, 2.05) is 13.0 Å². The van der Waals surface area contributed by atoms with Crippen molar-refractivity contribution in [2.75, 3.05) is 31.7 Å². The molecular weight excluding hydrogens is 432 g/mol. The number of sulfonamides is 1. The summed E-state index contributed by atoms with van der Waals surface area (Å²) >= 11 is 6.02. The number of nitrogens with one attached hydrogen (secondary N) is 1. The van der Waals surface area contributed by atoms with E-state index < -0.39 is 14.9 Å². The molecule has 0 spiro atoms. The molecule has 1 heterocycles. The van der Waals surface area contributed by atoms with Crippen molar-refractivity contribution in [2.24, 2.45) is 5.10 Å². The van der Waals surface area contributed by atoms with E-state index in [0.717, 1.165) is 11.6 Å². The van der Waals surface area contributed by atoms with Crippen LogP contribution in [0.25, 0.3) is 0 Å². The van der Waals surface area contributed by atoms with Crippen LogP contribution in [0.4, 0.5) is 11.4 Å². The Bertz CT molecular complexity index is 1070. The summed E-state index contributed by atoms with van der Waals surface area (Å²) in [5, 5.41) is 16.4. The largest absolute Gasteiger partial charge is 0.379 e. The average molecular weight is 453 g/mol. The number of nitro benzene ring substituents is 1. The third kappa shape index (κ3) is 4.96. The molecule has 0 atom stereocenters. The molecule has 0 saturated carbocycles. The lowest BCUT2D eigenvalue weighted by Crippen LogP contribution is -2.40. The van der Waals surface area contributed by atoms with Gasteiger partial charge in [-0.05, 0) is 36.2 Å². The van der Waals surface area contributed by atoms with Crippen LogP contribution in [0.3, 0.4) is 0 Å². The van der Waals surface area contributed by atoms with E-state index in [1.165, 1.54) is 16.4 Å². The Labute approximate surface area is 179 Å². The van der Waals surface area contributed by atoms with E-state index >= 15 is 0 Å². The Morgan fingerprint density at radius 3 is 2.63 bits per heavy atom. The first-order valence-corrected chi connectivity index (χ1v) is 11.1. The van der Waals surface area contributed by atoms with Crippen LogP contribution >= 0.6 is 11.6 Å². The van der Waals surface area contributed by atoms with Gasteiger partial charge in [0.05, 0.1) is 28.7 Å². The molecule has 11 heteroatoms. The summed E-state index contributed by atoms with van der Waals surface area (Å²) in [6.45, 7) is 2.89. The van der Waals surface area contributed by atoms with Crippen molar-refractivity contribution < 1.29 is 18.1 Å². The Morgan fingerprint density at radius 1 is 1.27 bits per heavy atom. The van der Waals surface area contributed by atoms with Crippen LogP contribution in [0.15, 0.2) is 52.5 Å². The molecule has 2 aromatic carbocycles. The Morgan fingerprint density at radius 2 is 2.00 bits per heavy atom. The summed E-state index contributed by atoms with van der Waals surface area (Å²) in [5.74, 6) is 0. The van der Waals surface area contributed by atoms with Crippen molar-refractivity contribution >= 4 is 38.7 Å². The van der Waals surface area contributed by atoms with Crippen molar-refractivity contribution in [3.8, 4) is 0 Å². The van der Waals surface area contributed by atoms with Gasteiger partial charge < -0.3 is 4.74 Å². The number of morpholine rings is 1. The second-order valence-electron chi connectivity index (χ2n) is 6.49. The number of anilines is 1. The Hall–Kier alpha value is -2.53. The third-order valence-electron chi connectivity index (χ3n) is 4.58. The Kier molecular flexibility index (Phi) is 7.03. The molecule has 9 nitrogen and oxygen atoms in total. The molecule has 0 aliphatic carbocycles. The van der Waals surface area contributed by atoms with Crippen molar-refractivity contribution in [2.45, 2.75) is 18.2 Å². The molecule has 3 rings (SSSR count). The zero-order valence-electron chi connectivity index (χ0n) is 16.2. The van der Waals surface area contributed by atoms with Crippen LogP contribution < -0.4 is 5.43 Å². The monoisotopic (exact) mass is 452 g/mol. The van der Waals surface area contributed by atoms with Gasteiger partial charge in [0.2, 0.25) is 10.0 Å². The minimum atomic E-state index is -3.85. The molecule has 0 unspecified atom stereocenters. The normalized spacial score (nSPS) is 15.7. The molecule has 30 heavy (non-hydrogen) atoms. The fourth-order valence-corrected chi connectivity index (χ4v) is 4.62. The molecule has 1 saturated heterocycles. The van der Waals surface area contributed by atoms with Gasteiger partial charge in [-0.25, -0.2) is 8.42 Å². The maximum Gasteiger partial charge on any atom is 0.295 e. The minimum absolute atomic E-state index is 0.0916. The molecule has 1 aliphatic rings. The molecule has 1 fully saturated rings. The van der Waals surface area contributed by atoms with Crippen LogP contribution in [-0.4, -0.2) is 49.7 Å². The maximum absolute atomic E-state index is 12.8. The van der Waals surface area contributed by atoms with Gasteiger partial charge in [0.1, 0.15) is 5.69 Å². The summed E-state index contributed by atoms with van der Waals surface area (Å²) in [6, 6.07) is 10.8. The van der Waals surface area contributed by atoms with Gasteiger partial charge in [-0.1, -0.05) is 30.7 Å². The SMILES string of the molecule is CC/C(=N\Nc1ccc(S(=O)(=O)N2CCOCC2)cc1[N+](=O)[O-])c1cccc(Cl)c1. The lowest BCUT2D eigenvalue weighted by molar-refractivity contribution is -0.384. The highest BCUT2D eigenvalue weighted by Crippen LogP contribution is 2.29. The number of halogens is 1. The van der Waals surface area contributed by atoms with E-state index in [0.29, 0.717) is 30.4 Å². The predicted molar refractivity (Wildman–Crippen MR) is 115 cm³/mol. The highest BCUT2D eigenvalue weighted by Gasteiger charge is 2.28. The lowest BCUT2D eigenvalue weighted by atomic mass is 10.1. The molecule has 0 amide bonds. The molecule has 1 aliphatic heterocycles. The van der Waals surface area contributed by atoms with E-state index in [1.54, 1.807) is 18.2 Å². The lowest BCUT2D eigenvalue weighted by Gasteiger charge is -2.26. The third-order valence-corrected chi connectivity index (χ3v) is 6.71. The average Bonchev–Trinajstić information content (AvgIpc) is 2.74. The van der Waals surface area contributed by atoms with Crippen LogP contribution in [0.2, 0.25) is 5.02 Å². The summed E-state index contributed by atoms with van der Waals surface area (Å²) in [6.07, 6.45) is 0.560. The number of nitrogens with zero attached hydrogens (tertiary/aromatic N) is 3. The van der Waals surface area contributed by atoms with Crippen LogP contribution in [0, 0.1) is 10.1 Å². The molecule has 1 N–H and O–H groups in total. The van der Waals surface area contributed by atoms with Crippen LogP contribution in [0.5, 0.6) is 0 Å². The first-order valence-electron chi connectivity index (χ1n) is 9.27. The van der Waals surface area contributed by atoms with Crippen molar-refractivity contribution in [3.63, 3.8) is 0 Å². The topological polar surface area (TPSA) is 114 Å². The van der Waals surface area contributed by atoms with Crippen molar-refractivity contribution in [1.29, 1.82) is 0 Å². The zero-order valence-corrected chi connectivity index (χ0v) is 17.8. The predicted octanol–water partition coefficient (Wildman–Crippen LogP) is 3.50. The van der Waals surface area contributed by atoms with Gasteiger partial charge in [0, 0.05) is 24.2 Å². The van der Waals surface area contributed by atoms with Gasteiger partial charge in [-0.3, -0.25) is 15.5 Å². The van der Waals surface area contributed by atoms with E-state index in [-0.39, 0.29) is 29.4 Å². The van der Waals surface area contributed by atoms with Gasteiger partial charge in [0.15, 0.2) is 0 Å². The standard InChI is InChI=1S/C19H21ClN4O5S/c1-2-17(14-4-3-5-15(20)12-14)21-22-18-7-6-16(13-19(18)24(25)26)30(27,28)23-8-10-29-11-9-23/h3-7,12-13,22H,2,8-11H2,1H3/b21-17+. The molecule has 160 valence electrons. The summed E-state index contributed by atoms with van der Waals surface area (Å²) in [7, 11) is -3.85. The first kappa shape index (κ1) is 22.2.